The second kappa shape index (κ2) is 2.18. The Morgan fingerprint density at radius 1 is 1.38 bits per heavy atom. The zero-order chi connectivity index (χ0) is 9.05. The largest absolute Gasteiger partial charge is 0.465 e. The number of hydrogen-bond acceptors (Lipinski definition) is 2. The van der Waals surface area contributed by atoms with E-state index in [1.807, 2.05) is 0 Å². The zero-order valence-corrected chi connectivity index (χ0v) is 7.40. The van der Waals surface area contributed by atoms with Gasteiger partial charge in [0.1, 0.15) is 5.60 Å². The van der Waals surface area contributed by atoms with Gasteiger partial charge < -0.3 is 14.7 Å². The van der Waals surface area contributed by atoms with E-state index < -0.39 is 6.09 Å². The van der Waals surface area contributed by atoms with Crippen LogP contribution in [0.3, 0.4) is 0 Å². The third-order valence-electron chi connectivity index (χ3n) is 3.88. The highest BCUT2D eigenvalue weighted by Crippen LogP contribution is 2.54. The lowest BCUT2D eigenvalue weighted by molar-refractivity contribution is 0.0690. The Kier molecular flexibility index (Phi) is 1.28. The topological polar surface area (TPSA) is 53.1 Å². The van der Waals surface area contributed by atoms with Crippen LogP contribution in [-0.2, 0) is 4.74 Å². The molecule has 2 aliphatic heterocycles. The highest BCUT2D eigenvalue weighted by molar-refractivity contribution is 5.65. The number of carbonyl (C=O) groups is 1. The fourth-order valence-corrected chi connectivity index (χ4v) is 3.03. The molecule has 0 aromatic rings. The number of piperidine rings is 1. The SMILES string of the molecule is O=C(O)N1C[C@H]2CC[C@@H](C1)[C@]21CO1. The van der Waals surface area contributed by atoms with Gasteiger partial charge in [-0.25, -0.2) is 4.79 Å². The van der Waals surface area contributed by atoms with E-state index in [-0.39, 0.29) is 5.60 Å². The lowest BCUT2D eigenvalue weighted by atomic mass is 9.86. The minimum atomic E-state index is -0.771. The minimum absolute atomic E-state index is 0.117. The molecule has 1 saturated carbocycles. The van der Waals surface area contributed by atoms with Crippen LogP contribution in [0.4, 0.5) is 4.79 Å². The zero-order valence-electron chi connectivity index (χ0n) is 7.40. The number of epoxide rings is 1. The van der Waals surface area contributed by atoms with Crippen molar-refractivity contribution in [3.05, 3.63) is 0 Å². The number of rotatable bonds is 0. The molecule has 1 aliphatic carbocycles. The number of ether oxygens (including phenoxy) is 1. The minimum Gasteiger partial charge on any atom is -0.465 e. The highest BCUT2D eigenvalue weighted by Gasteiger charge is 2.63. The molecule has 3 atom stereocenters. The van der Waals surface area contributed by atoms with Crippen LogP contribution in [0.25, 0.3) is 0 Å². The van der Waals surface area contributed by atoms with Crippen molar-refractivity contribution in [1.29, 1.82) is 0 Å². The van der Waals surface area contributed by atoms with Crippen molar-refractivity contribution in [2.75, 3.05) is 19.7 Å². The van der Waals surface area contributed by atoms with Crippen LogP contribution in [0.5, 0.6) is 0 Å². The summed E-state index contributed by atoms with van der Waals surface area (Å²) in [5.41, 5.74) is 0.117. The fraction of sp³-hybridized carbons (Fsp3) is 0.889. The van der Waals surface area contributed by atoms with Crippen LogP contribution in [-0.4, -0.2) is 41.4 Å². The fourth-order valence-electron chi connectivity index (χ4n) is 3.03. The van der Waals surface area contributed by atoms with Crippen LogP contribution in [0.2, 0.25) is 0 Å². The quantitative estimate of drug-likeness (QED) is 0.564. The number of nitrogens with zero attached hydrogens (tertiary/aromatic N) is 1. The smallest absolute Gasteiger partial charge is 0.407 e. The third-order valence-corrected chi connectivity index (χ3v) is 3.88. The van der Waals surface area contributed by atoms with E-state index in [4.69, 9.17) is 9.84 Å². The summed E-state index contributed by atoms with van der Waals surface area (Å²) in [6.07, 6.45) is 1.52. The van der Waals surface area contributed by atoms with Crippen LogP contribution in [0, 0.1) is 11.8 Å². The molecule has 3 fully saturated rings. The van der Waals surface area contributed by atoms with E-state index in [0.29, 0.717) is 24.9 Å². The summed E-state index contributed by atoms with van der Waals surface area (Å²) in [5.74, 6) is 0.949. The van der Waals surface area contributed by atoms with Gasteiger partial charge in [-0.1, -0.05) is 0 Å². The van der Waals surface area contributed by atoms with E-state index in [0.717, 1.165) is 19.4 Å². The summed E-state index contributed by atoms with van der Waals surface area (Å²) in [4.78, 5) is 12.3. The van der Waals surface area contributed by atoms with Gasteiger partial charge in [-0.05, 0) is 12.8 Å². The molecule has 72 valence electrons. The maximum absolute atomic E-state index is 10.8. The second-order valence-corrected chi connectivity index (χ2v) is 4.40. The van der Waals surface area contributed by atoms with E-state index in [9.17, 15) is 4.79 Å². The van der Waals surface area contributed by atoms with Crippen LogP contribution < -0.4 is 0 Å². The van der Waals surface area contributed by atoms with E-state index >= 15 is 0 Å². The van der Waals surface area contributed by atoms with Gasteiger partial charge in [-0.3, -0.25) is 0 Å². The first-order valence-electron chi connectivity index (χ1n) is 4.84. The molecule has 1 N–H and O–H groups in total. The molecule has 3 rings (SSSR count). The third kappa shape index (κ3) is 0.866. The molecule has 0 radical (unpaired) electrons. The summed E-state index contributed by atoms with van der Waals surface area (Å²) in [7, 11) is 0. The van der Waals surface area contributed by atoms with Gasteiger partial charge in [0, 0.05) is 24.9 Å². The van der Waals surface area contributed by atoms with Gasteiger partial charge in [-0.15, -0.1) is 0 Å². The van der Waals surface area contributed by atoms with Crippen molar-refractivity contribution in [2.24, 2.45) is 11.8 Å². The van der Waals surface area contributed by atoms with Gasteiger partial charge in [-0.2, -0.15) is 0 Å². The van der Waals surface area contributed by atoms with Gasteiger partial charge in [0.2, 0.25) is 0 Å². The van der Waals surface area contributed by atoms with Gasteiger partial charge in [0.15, 0.2) is 0 Å². The molecule has 4 nitrogen and oxygen atoms in total. The Morgan fingerprint density at radius 3 is 2.31 bits per heavy atom. The lowest BCUT2D eigenvalue weighted by Gasteiger charge is -2.34. The summed E-state index contributed by atoms with van der Waals surface area (Å²) in [6.45, 7) is 2.24. The van der Waals surface area contributed by atoms with E-state index in [1.165, 1.54) is 0 Å². The molecule has 4 heteroatoms. The molecule has 1 spiro atoms. The van der Waals surface area contributed by atoms with Gasteiger partial charge in [0.25, 0.3) is 0 Å². The second-order valence-electron chi connectivity index (χ2n) is 4.40. The highest BCUT2D eigenvalue weighted by atomic mass is 16.6. The van der Waals surface area contributed by atoms with Crippen molar-refractivity contribution in [1.82, 2.24) is 4.90 Å². The number of hydrogen-bond donors (Lipinski definition) is 1. The predicted octanol–water partition coefficient (Wildman–Crippen LogP) is 0.775. The van der Waals surface area contributed by atoms with Crippen molar-refractivity contribution in [3.63, 3.8) is 0 Å². The Hall–Kier alpha value is -0.770. The molecule has 0 aromatic heterocycles. The van der Waals surface area contributed by atoms with Crippen LogP contribution in [0.15, 0.2) is 0 Å². The van der Waals surface area contributed by atoms with Gasteiger partial charge >= 0.3 is 6.09 Å². The summed E-state index contributed by atoms with van der Waals surface area (Å²) < 4.78 is 5.53. The normalized spacial score (nSPS) is 46.9. The van der Waals surface area contributed by atoms with E-state index in [1.54, 1.807) is 4.90 Å². The van der Waals surface area contributed by atoms with Crippen LogP contribution in [0.1, 0.15) is 12.8 Å². The predicted molar refractivity (Wildman–Crippen MR) is 44.5 cm³/mol. The molecule has 3 aliphatic rings. The van der Waals surface area contributed by atoms with Crippen molar-refractivity contribution < 1.29 is 14.6 Å². The van der Waals surface area contributed by atoms with Crippen LogP contribution >= 0.6 is 0 Å². The molecule has 2 bridgehead atoms. The molecular weight excluding hydrogens is 170 g/mol. The standard InChI is InChI=1S/C9H13NO3/c11-8(12)10-3-6-1-2-7(4-10)9(6)5-13-9/h6-7H,1-5H2,(H,11,12)/t6-,7+,9+. The Labute approximate surface area is 76.5 Å². The summed E-state index contributed by atoms with van der Waals surface area (Å²) in [6, 6.07) is 0. The number of carboxylic acid groups (broad SMARTS) is 1. The summed E-state index contributed by atoms with van der Waals surface area (Å²) >= 11 is 0. The van der Waals surface area contributed by atoms with Gasteiger partial charge in [0.05, 0.1) is 6.61 Å². The first-order chi connectivity index (χ1) is 6.22. The first kappa shape index (κ1) is 7.62. The molecule has 2 heterocycles. The lowest BCUT2D eigenvalue weighted by Crippen LogP contribution is -2.48. The maximum Gasteiger partial charge on any atom is 0.407 e. The molecule has 1 amide bonds. The number of likely N-dealkylation sites (tertiary alicyclic amines) is 1. The maximum atomic E-state index is 10.8. The average Bonchev–Trinajstić information content (AvgIpc) is 2.77. The van der Waals surface area contributed by atoms with E-state index in [2.05, 4.69) is 0 Å². The Bertz CT molecular complexity index is 246. The molecular formula is C9H13NO3. The summed E-state index contributed by atoms with van der Waals surface area (Å²) in [5, 5.41) is 8.88. The Balaban J connectivity index is 1.83. The van der Waals surface area contributed by atoms with Crippen molar-refractivity contribution in [3.8, 4) is 0 Å². The van der Waals surface area contributed by atoms with Crippen molar-refractivity contribution >= 4 is 6.09 Å². The molecule has 0 unspecified atom stereocenters. The molecule has 0 aromatic carbocycles. The Morgan fingerprint density at radius 2 is 1.92 bits per heavy atom. The van der Waals surface area contributed by atoms with Crippen molar-refractivity contribution in [2.45, 2.75) is 18.4 Å². The number of amides is 1. The molecule has 2 saturated heterocycles. The monoisotopic (exact) mass is 183 g/mol. The average molecular weight is 183 g/mol. The molecule has 13 heavy (non-hydrogen) atoms. The first-order valence-corrected chi connectivity index (χ1v) is 4.84.